The summed E-state index contributed by atoms with van der Waals surface area (Å²) in [5, 5.41) is 11.4. The van der Waals surface area contributed by atoms with Crippen molar-refractivity contribution in [1.82, 2.24) is 15.5 Å². The summed E-state index contributed by atoms with van der Waals surface area (Å²) in [4.78, 5) is 11.6. The molecule has 8 heteroatoms. The predicted octanol–water partition coefficient (Wildman–Crippen LogP) is 1.65. The van der Waals surface area contributed by atoms with Crippen molar-refractivity contribution < 1.29 is 9.53 Å². The Kier molecular flexibility index (Phi) is 5.28. The summed E-state index contributed by atoms with van der Waals surface area (Å²) in [6, 6.07) is 0.222. The highest BCUT2D eigenvalue weighted by molar-refractivity contribution is 8.03. The van der Waals surface area contributed by atoms with Crippen LogP contribution in [0.1, 0.15) is 12.8 Å². The lowest BCUT2D eigenvalue weighted by Crippen LogP contribution is -2.40. The number of hydrogen-bond donors (Lipinski definition) is 1. The molecule has 1 fully saturated rings. The quantitative estimate of drug-likeness (QED) is 0.607. The van der Waals surface area contributed by atoms with Gasteiger partial charge in [-0.3, -0.25) is 4.79 Å². The zero-order valence-electron chi connectivity index (χ0n) is 10.2. The Balaban J connectivity index is 1.85. The van der Waals surface area contributed by atoms with Crippen LogP contribution in [-0.4, -0.2) is 47.4 Å². The molecule has 1 aromatic heterocycles. The molecule has 0 aliphatic heterocycles. The lowest BCUT2D eigenvalue weighted by molar-refractivity contribution is -0.142. The monoisotopic (exact) mass is 305 g/mol. The van der Waals surface area contributed by atoms with E-state index < -0.39 is 0 Å². The average molecular weight is 305 g/mol. The number of methoxy groups -OCH3 is 1. The van der Waals surface area contributed by atoms with Gasteiger partial charge in [-0.25, -0.2) is 0 Å². The Morgan fingerprint density at radius 1 is 1.56 bits per heavy atom. The summed E-state index contributed by atoms with van der Waals surface area (Å²) < 4.78 is 6.65. The highest BCUT2D eigenvalue weighted by Crippen LogP contribution is 2.28. The molecule has 18 heavy (non-hydrogen) atoms. The minimum Gasteiger partial charge on any atom is -0.468 e. The third-order valence-electron chi connectivity index (χ3n) is 2.44. The molecule has 2 rings (SSSR count). The largest absolute Gasteiger partial charge is 0.468 e. The molecule has 0 aromatic carbocycles. The van der Waals surface area contributed by atoms with Crippen molar-refractivity contribution in [3.05, 3.63) is 0 Å². The van der Waals surface area contributed by atoms with Crippen molar-refractivity contribution in [2.45, 2.75) is 33.6 Å². The first-order chi connectivity index (χ1) is 8.72. The Bertz CT molecular complexity index is 409. The van der Waals surface area contributed by atoms with Crippen molar-refractivity contribution in [2.24, 2.45) is 0 Å². The number of aromatic nitrogens is 2. The number of carbonyl (C=O) groups is 1. The molecule has 1 heterocycles. The summed E-state index contributed by atoms with van der Waals surface area (Å²) in [5.41, 5.74) is 0. The van der Waals surface area contributed by atoms with Crippen LogP contribution < -0.4 is 5.32 Å². The summed E-state index contributed by atoms with van der Waals surface area (Å²) in [7, 11) is 1.42. The van der Waals surface area contributed by atoms with Crippen LogP contribution in [0.2, 0.25) is 0 Å². The minimum atomic E-state index is -0.255. The first-order valence-corrected chi connectivity index (χ1v) is 8.59. The average Bonchev–Trinajstić information content (AvgIpc) is 3.09. The zero-order chi connectivity index (χ0) is 13.0. The van der Waals surface area contributed by atoms with Crippen LogP contribution in [0.15, 0.2) is 8.68 Å². The van der Waals surface area contributed by atoms with Crippen LogP contribution >= 0.6 is 34.9 Å². The van der Waals surface area contributed by atoms with E-state index in [-0.39, 0.29) is 12.0 Å². The normalized spacial score (nSPS) is 16.6. The number of nitrogens with zero attached hydrogens (tertiary/aromatic N) is 2. The van der Waals surface area contributed by atoms with Gasteiger partial charge in [0.05, 0.1) is 7.11 Å². The Hall–Kier alpha value is -0.310. The molecule has 0 saturated heterocycles. The number of thioether (sulfide) groups is 2. The maximum absolute atomic E-state index is 11.6. The van der Waals surface area contributed by atoms with Crippen LogP contribution in [0.3, 0.4) is 0 Å². The van der Waals surface area contributed by atoms with Crippen LogP contribution in [-0.2, 0) is 9.53 Å². The van der Waals surface area contributed by atoms with Crippen LogP contribution in [0.25, 0.3) is 0 Å². The molecule has 0 amide bonds. The zero-order valence-corrected chi connectivity index (χ0v) is 12.7. The molecule has 100 valence electrons. The Morgan fingerprint density at radius 3 is 2.83 bits per heavy atom. The van der Waals surface area contributed by atoms with E-state index in [1.165, 1.54) is 7.11 Å². The van der Waals surface area contributed by atoms with E-state index >= 15 is 0 Å². The number of carbonyl (C=O) groups excluding carboxylic acids is 1. The molecule has 1 aliphatic rings. The second-order valence-electron chi connectivity index (χ2n) is 3.87. The van der Waals surface area contributed by atoms with E-state index in [2.05, 4.69) is 15.5 Å². The fourth-order valence-corrected chi connectivity index (χ4v) is 3.83. The van der Waals surface area contributed by atoms with Crippen LogP contribution in [0.4, 0.5) is 0 Å². The predicted molar refractivity (Wildman–Crippen MR) is 74.4 cm³/mol. The summed E-state index contributed by atoms with van der Waals surface area (Å²) in [6.45, 7) is 0. The van der Waals surface area contributed by atoms with Crippen LogP contribution in [0.5, 0.6) is 0 Å². The van der Waals surface area contributed by atoms with Crippen molar-refractivity contribution in [3.63, 3.8) is 0 Å². The van der Waals surface area contributed by atoms with Crippen molar-refractivity contribution in [3.8, 4) is 0 Å². The first-order valence-electron chi connectivity index (χ1n) is 5.57. The Morgan fingerprint density at radius 2 is 2.28 bits per heavy atom. The number of ether oxygens (including phenoxy) is 1. The van der Waals surface area contributed by atoms with E-state index in [1.807, 2.05) is 6.26 Å². The summed E-state index contributed by atoms with van der Waals surface area (Å²) >= 11 is 4.68. The molecule has 1 aromatic rings. The fourth-order valence-electron chi connectivity index (χ4n) is 1.35. The van der Waals surface area contributed by atoms with Gasteiger partial charge in [0.25, 0.3) is 0 Å². The van der Waals surface area contributed by atoms with Gasteiger partial charge in [-0.1, -0.05) is 34.9 Å². The van der Waals surface area contributed by atoms with Gasteiger partial charge in [0.15, 0.2) is 8.68 Å². The molecule has 5 nitrogen and oxygen atoms in total. The number of rotatable bonds is 7. The lowest BCUT2D eigenvalue weighted by atomic mass is 10.3. The third-order valence-corrected chi connectivity index (χ3v) is 5.56. The molecular formula is C10H15N3O2S3. The topological polar surface area (TPSA) is 64.1 Å². The van der Waals surface area contributed by atoms with Crippen molar-refractivity contribution in [1.29, 1.82) is 0 Å². The summed E-state index contributed by atoms with van der Waals surface area (Å²) in [5.74, 6) is 0.427. The lowest BCUT2D eigenvalue weighted by Gasteiger charge is -2.14. The van der Waals surface area contributed by atoms with Gasteiger partial charge in [-0.15, -0.1) is 10.2 Å². The van der Waals surface area contributed by atoms with Gasteiger partial charge >= 0.3 is 5.97 Å². The minimum absolute atomic E-state index is 0.205. The highest BCUT2D eigenvalue weighted by atomic mass is 32.2. The maximum Gasteiger partial charge on any atom is 0.323 e. The highest BCUT2D eigenvalue weighted by Gasteiger charge is 2.29. The smallest absolute Gasteiger partial charge is 0.323 e. The molecule has 1 aliphatic carbocycles. The van der Waals surface area contributed by atoms with Gasteiger partial charge in [-0.2, -0.15) is 0 Å². The van der Waals surface area contributed by atoms with Crippen molar-refractivity contribution in [2.75, 3.05) is 19.1 Å². The molecule has 1 N–H and O–H groups in total. The molecule has 1 saturated carbocycles. The van der Waals surface area contributed by atoms with E-state index in [9.17, 15) is 4.79 Å². The number of esters is 1. The maximum atomic E-state index is 11.6. The molecule has 1 atom stereocenters. The molecule has 0 radical (unpaired) electrons. The van der Waals surface area contributed by atoms with Crippen LogP contribution in [0, 0.1) is 0 Å². The molecular weight excluding hydrogens is 290 g/mol. The van der Waals surface area contributed by atoms with Gasteiger partial charge in [0.1, 0.15) is 6.04 Å². The second-order valence-corrected chi connectivity index (χ2v) is 7.16. The molecule has 0 bridgehead atoms. The molecule has 1 unspecified atom stereocenters. The number of hydrogen-bond acceptors (Lipinski definition) is 8. The third kappa shape index (κ3) is 4.11. The van der Waals surface area contributed by atoms with E-state index in [1.54, 1.807) is 34.9 Å². The molecule has 0 spiro atoms. The van der Waals surface area contributed by atoms with Crippen molar-refractivity contribution >= 4 is 40.8 Å². The second kappa shape index (κ2) is 6.74. The van der Waals surface area contributed by atoms with E-state index in [0.717, 1.165) is 21.5 Å². The van der Waals surface area contributed by atoms with Gasteiger partial charge in [0, 0.05) is 11.8 Å². The number of nitrogens with one attached hydrogen (secondary N) is 1. The summed E-state index contributed by atoms with van der Waals surface area (Å²) in [6.07, 6.45) is 4.27. The van der Waals surface area contributed by atoms with Gasteiger partial charge in [-0.05, 0) is 19.1 Å². The van der Waals surface area contributed by atoms with Gasteiger partial charge < -0.3 is 10.1 Å². The van der Waals surface area contributed by atoms with E-state index in [4.69, 9.17) is 4.74 Å². The van der Waals surface area contributed by atoms with Gasteiger partial charge in [0.2, 0.25) is 0 Å². The standard InChI is InChI=1S/C10H15N3O2S3/c1-15-8(14)7(11-6-3-4-6)5-17-10-13-12-9(16-2)18-10/h6-7,11H,3-5H2,1-2H3. The first kappa shape index (κ1) is 14.1. The van der Waals surface area contributed by atoms with E-state index in [0.29, 0.717) is 11.8 Å². The fraction of sp³-hybridized carbons (Fsp3) is 0.700. The SMILES string of the molecule is COC(=O)C(CSc1nnc(SC)s1)NC1CC1. The Labute approximate surface area is 118 Å².